The Morgan fingerprint density at radius 3 is 2.47 bits per heavy atom. The highest BCUT2D eigenvalue weighted by Crippen LogP contribution is 2.37. The fourth-order valence-corrected chi connectivity index (χ4v) is 5.30. The monoisotopic (exact) mass is 455 g/mol. The minimum absolute atomic E-state index is 0.231. The maximum Gasteiger partial charge on any atom is 0.415 e. The van der Waals surface area contributed by atoms with Gasteiger partial charge in [0.05, 0.1) is 6.54 Å². The number of likely N-dealkylation sites (tertiary alicyclic amines) is 1. The van der Waals surface area contributed by atoms with Crippen LogP contribution in [0.3, 0.4) is 0 Å². The number of aromatic nitrogens is 1. The first-order valence-corrected chi connectivity index (χ1v) is 11.7. The molecule has 1 aromatic heterocycles. The molecule has 2 aliphatic rings. The van der Waals surface area contributed by atoms with E-state index in [-0.39, 0.29) is 11.9 Å². The number of benzene rings is 3. The molecule has 1 N–H and O–H groups in total. The van der Waals surface area contributed by atoms with E-state index in [2.05, 4.69) is 28.2 Å². The van der Waals surface area contributed by atoms with Gasteiger partial charge in [0.25, 0.3) is 0 Å². The number of aromatic amines is 1. The summed E-state index contributed by atoms with van der Waals surface area (Å²) in [5.41, 5.74) is 4.88. The van der Waals surface area contributed by atoms with Crippen LogP contribution in [-0.2, 0) is 11.3 Å². The van der Waals surface area contributed by atoms with Gasteiger partial charge >= 0.3 is 6.09 Å². The standard InChI is InChI=1S/C28H26FN3O2/c29-22-11-9-20(10-12-22)24-7-4-8-25-26(24)21(17-30-25)18-31-15-13-28(14-16-31)19-32(27(33)34-28)23-5-2-1-3-6-23/h1-12,17,30H,13-16,18-19H2. The largest absolute Gasteiger partial charge is 0.441 e. The first-order valence-electron chi connectivity index (χ1n) is 11.7. The number of hydrogen-bond acceptors (Lipinski definition) is 3. The molecule has 3 heterocycles. The van der Waals surface area contributed by atoms with Crippen molar-refractivity contribution in [2.24, 2.45) is 0 Å². The molecule has 34 heavy (non-hydrogen) atoms. The van der Waals surface area contributed by atoms with Crippen LogP contribution in [0.4, 0.5) is 14.9 Å². The number of fused-ring (bicyclic) bond motifs is 1. The van der Waals surface area contributed by atoms with Gasteiger partial charge in [0, 0.05) is 55.3 Å². The van der Waals surface area contributed by atoms with Gasteiger partial charge in [0.1, 0.15) is 11.4 Å². The molecule has 0 unspecified atom stereocenters. The average Bonchev–Trinajstić information content (AvgIpc) is 3.42. The number of piperidine rings is 1. The molecule has 0 radical (unpaired) electrons. The van der Waals surface area contributed by atoms with E-state index in [0.717, 1.165) is 54.8 Å². The summed E-state index contributed by atoms with van der Waals surface area (Å²) in [6.07, 6.45) is 3.46. The quantitative estimate of drug-likeness (QED) is 0.413. The third-order valence-corrected chi connectivity index (χ3v) is 7.14. The highest BCUT2D eigenvalue weighted by Gasteiger charge is 2.47. The molecular weight excluding hydrogens is 429 g/mol. The third kappa shape index (κ3) is 3.74. The van der Waals surface area contributed by atoms with Crippen molar-refractivity contribution in [1.29, 1.82) is 0 Å². The Hall–Kier alpha value is -3.64. The van der Waals surface area contributed by atoms with E-state index in [1.807, 2.05) is 48.5 Å². The number of para-hydroxylation sites is 1. The molecule has 0 saturated carbocycles. The van der Waals surface area contributed by atoms with Gasteiger partial charge in [-0.2, -0.15) is 0 Å². The minimum Gasteiger partial charge on any atom is -0.441 e. The second kappa shape index (κ2) is 8.29. The molecule has 172 valence electrons. The van der Waals surface area contributed by atoms with Crippen LogP contribution in [0.1, 0.15) is 18.4 Å². The van der Waals surface area contributed by atoms with Gasteiger partial charge in [-0.05, 0) is 47.0 Å². The van der Waals surface area contributed by atoms with Crippen molar-refractivity contribution in [2.45, 2.75) is 25.0 Å². The normalized spacial score (nSPS) is 18.0. The number of rotatable bonds is 4. The van der Waals surface area contributed by atoms with E-state index in [1.54, 1.807) is 4.90 Å². The maximum absolute atomic E-state index is 13.5. The summed E-state index contributed by atoms with van der Waals surface area (Å²) in [7, 11) is 0. The number of carbonyl (C=O) groups excluding carboxylic acids is 1. The van der Waals surface area contributed by atoms with Gasteiger partial charge in [-0.15, -0.1) is 0 Å². The number of halogens is 1. The van der Waals surface area contributed by atoms with Crippen LogP contribution >= 0.6 is 0 Å². The van der Waals surface area contributed by atoms with Crippen molar-refractivity contribution >= 4 is 22.7 Å². The lowest BCUT2D eigenvalue weighted by molar-refractivity contribution is -0.000877. The minimum atomic E-state index is -0.414. The number of carbonyl (C=O) groups is 1. The molecule has 5 nitrogen and oxygen atoms in total. The van der Waals surface area contributed by atoms with E-state index in [9.17, 15) is 9.18 Å². The van der Waals surface area contributed by atoms with Crippen molar-refractivity contribution in [3.63, 3.8) is 0 Å². The maximum atomic E-state index is 13.5. The zero-order chi connectivity index (χ0) is 23.1. The number of nitrogens with one attached hydrogen (secondary N) is 1. The van der Waals surface area contributed by atoms with E-state index in [1.165, 1.54) is 23.1 Å². The van der Waals surface area contributed by atoms with Gasteiger partial charge in [-0.3, -0.25) is 9.80 Å². The molecule has 2 saturated heterocycles. The van der Waals surface area contributed by atoms with Crippen LogP contribution in [0.15, 0.2) is 79.0 Å². The van der Waals surface area contributed by atoms with E-state index < -0.39 is 5.60 Å². The van der Waals surface area contributed by atoms with Crippen LogP contribution in [-0.4, -0.2) is 41.2 Å². The van der Waals surface area contributed by atoms with Crippen molar-refractivity contribution in [2.75, 3.05) is 24.5 Å². The second-order valence-electron chi connectivity index (χ2n) is 9.30. The van der Waals surface area contributed by atoms with Crippen LogP contribution in [0.2, 0.25) is 0 Å². The highest BCUT2D eigenvalue weighted by atomic mass is 19.1. The number of ether oxygens (including phenoxy) is 1. The molecule has 0 bridgehead atoms. The lowest BCUT2D eigenvalue weighted by atomic mass is 9.90. The topological polar surface area (TPSA) is 48.6 Å². The lowest BCUT2D eigenvalue weighted by Gasteiger charge is -2.37. The Kier molecular flexibility index (Phi) is 5.11. The van der Waals surface area contributed by atoms with E-state index >= 15 is 0 Å². The zero-order valence-corrected chi connectivity index (χ0v) is 18.8. The Labute approximate surface area is 197 Å². The lowest BCUT2D eigenvalue weighted by Crippen LogP contribution is -2.46. The van der Waals surface area contributed by atoms with Gasteiger partial charge in [-0.1, -0.05) is 42.5 Å². The summed E-state index contributed by atoms with van der Waals surface area (Å²) in [6, 6.07) is 22.6. The van der Waals surface area contributed by atoms with E-state index in [0.29, 0.717) is 6.54 Å². The van der Waals surface area contributed by atoms with Crippen LogP contribution < -0.4 is 4.90 Å². The van der Waals surface area contributed by atoms with E-state index in [4.69, 9.17) is 4.74 Å². The van der Waals surface area contributed by atoms with Crippen molar-refractivity contribution < 1.29 is 13.9 Å². The van der Waals surface area contributed by atoms with Crippen molar-refractivity contribution in [1.82, 2.24) is 9.88 Å². The molecule has 2 aliphatic heterocycles. The van der Waals surface area contributed by atoms with Gasteiger partial charge < -0.3 is 9.72 Å². The molecule has 2 fully saturated rings. The zero-order valence-electron chi connectivity index (χ0n) is 18.8. The highest BCUT2D eigenvalue weighted by molar-refractivity contribution is 5.97. The predicted octanol–water partition coefficient (Wildman–Crippen LogP) is 5.97. The number of anilines is 1. The SMILES string of the molecule is O=C1OC2(CCN(Cc3c[nH]c4cccc(-c5ccc(F)cc5)c34)CC2)CN1c1ccccc1. The number of amides is 1. The van der Waals surface area contributed by atoms with Crippen molar-refractivity contribution in [3.8, 4) is 11.1 Å². The molecule has 1 spiro atoms. The fourth-order valence-electron chi connectivity index (χ4n) is 5.30. The van der Waals surface area contributed by atoms with Crippen LogP contribution in [0, 0.1) is 5.82 Å². The summed E-state index contributed by atoms with van der Waals surface area (Å²) in [5.74, 6) is -0.231. The molecule has 3 aromatic carbocycles. The smallest absolute Gasteiger partial charge is 0.415 e. The third-order valence-electron chi connectivity index (χ3n) is 7.14. The summed E-state index contributed by atoms with van der Waals surface area (Å²) < 4.78 is 19.4. The summed E-state index contributed by atoms with van der Waals surface area (Å²) in [5, 5.41) is 1.18. The van der Waals surface area contributed by atoms with Crippen LogP contribution in [0.25, 0.3) is 22.0 Å². The first-order chi connectivity index (χ1) is 16.6. The molecular formula is C28H26FN3O2. The molecule has 0 aliphatic carbocycles. The second-order valence-corrected chi connectivity index (χ2v) is 9.30. The molecule has 6 heteroatoms. The van der Waals surface area contributed by atoms with Crippen molar-refractivity contribution in [3.05, 3.63) is 90.4 Å². The fraction of sp³-hybridized carbons (Fsp3) is 0.250. The Bertz CT molecular complexity index is 1330. The summed E-state index contributed by atoms with van der Waals surface area (Å²) in [4.78, 5) is 20.2. The first kappa shape index (κ1) is 20.9. The van der Waals surface area contributed by atoms with Gasteiger partial charge in [0.15, 0.2) is 0 Å². The predicted molar refractivity (Wildman–Crippen MR) is 131 cm³/mol. The Morgan fingerprint density at radius 1 is 0.941 bits per heavy atom. The average molecular weight is 456 g/mol. The number of H-pyrrole nitrogens is 1. The van der Waals surface area contributed by atoms with Gasteiger partial charge in [0.2, 0.25) is 0 Å². The molecule has 1 amide bonds. The number of hydrogen-bond donors (Lipinski definition) is 1. The molecule has 0 atom stereocenters. The number of nitrogens with zero attached hydrogens (tertiary/aromatic N) is 2. The molecule has 4 aromatic rings. The Balaban J connectivity index is 1.19. The van der Waals surface area contributed by atoms with Crippen LogP contribution in [0.5, 0.6) is 0 Å². The molecule has 6 rings (SSSR count). The van der Waals surface area contributed by atoms with Gasteiger partial charge in [-0.25, -0.2) is 9.18 Å². The summed E-state index contributed by atoms with van der Waals surface area (Å²) in [6.45, 7) is 3.14. The summed E-state index contributed by atoms with van der Waals surface area (Å²) >= 11 is 0. The Morgan fingerprint density at radius 2 is 1.71 bits per heavy atom.